The zero-order valence-electron chi connectivity index (χ0n) is 18.6. The Morgan fingerprint density at radius 1 is 0.968 bits per heavy atom. The Hall–Kier alpha value is -2.86. The number of para-hydroxylation sites is 1. The molecule has 2 fully saturated rings. The lowest BCUT2D eigenvalue weighted by Gasteiger charge is -2.31. The number of hydrogen-bond donors (Lipinski definition) is 2. The van der Waals surface area contributed by atoms with Crippen LogP contribution < -0.4 is 15.1 Å². The fourth-order valence-electron chi connectivity index (χ4n) is 4.89. The Morgan fingerprint density at radius 3 is 2.35 bits per heavy atom. The van der Waals surface area contributed by atoms with Gasteiger partial charge in [-0.05, 0) is 37.3 Å². The molecule has 0 aliphatic carbocycles. The van der Waals surface area contributed by atoms with E-state index in [4.69, 9.17) is 0 Å². The molecule has 0 aromatic heterocycles. The summed E-state index contributed by atoms with van der Waals surface area (Å²) in [5, 5.41) is 2.98. The van der Waals surface area contributed by atoms with Crippen LogP contribution in [0.5, 0.6) is 0 Å². The first-order valence-electron chi connectivity index (χ1n) is 11.4. The zero-order chi connectivity index (χ0) is 21.8. The number of anilines is 1. The van der Waals surface area contributed by atoms with Crippen LogP contribution in [0.15, 0.2) is 54.6 Å². The summed E-state index contributed by atoms with van der Waals surface area (Å²) >= 11 is 0. The number of imide groups is 1. The van der Waals surface area contributed by atoms with E-state index >= 15 is 0 Å². The second kappa shape index (κ2) is 9.10. The normalized spacial score (nSPS) is 22.5. The first kappa shape index (κ1) is 21.4. The van der Waals surface area contributed by atoms with Gasteiger partial charge in [-0.25, -0.2) is 9.69 Å². The summed E-state index contributed by atoms with van der Waals surface area (Å²) in [6, 6.07) is 17.8. The van der Waals surface area contributed by atoms with E-state index in [1.807, 2.05) is 44.3 Å². The maximum Gasteiger partial charge on any atom is 0.329 e. The fraction of sp³-hybridized carbons (Fsp3) is 0.440. The summed E-state index contributed by atoms with van der Waals surface area (Å²) in [4.78, 5) is 31.2. The van der Waals surface area contributed by atoms with Crippen molar-refractivity contribution in [3.05, 3.63) is 65.7 Å². The number of quaternary nitrogens is 1. The lowest BCUT2D eigenvalue weighted by atomic mass is 9.87. The summed E-state index contributed by atoms with van der Waals surface area (Å²) in [6.45, 7) is 5.24. The molecule has 2 aromatic carbocycles. The van der Waals surface area contributed by atoms with Gasteiger partial charge in [-0.1, -0.05) is 55.5 Å². The lowest BCUT2D eigenvalue weighted by Crippen LogP contribution is -3.09. The number of rotatable bonds is 7. The monoisotopic (exact) mass is 421 g/mol. The first-order chi connectivity index (χ1) is 15.0. The van der Waals surface area contributed by atoms with Crippen LogP contribution in [-0.2, 0) is 16.9 Å². The minimum atomic E-state index is -0.968. The molecule has 2 aliphatic rings. The summed E-state index contributed by atoms with van der Waals surface area (Å²) in [6.07, 6.45) is 4.29. The first-order valence-corrected chi connectivity index (χ1v) is 11.4. The van der Waals surface area contributed by atoms with Crippen molar-refractivity contribution in [1.29, 1.82) is 0 Å². The topological polar surface area (TPSA) is 57.1 Å². The number of carbonyl (C=O) groups excluding carboxylic acids is 2. The van der Waals surface area contributed by atoms with Gasteiger partial charge in [0.05, 0.1) is 7.05 Å². The van der Waals surface area contributed by atoms with Gasteiger partial charge in [0.1, 0.15) is 12.1 Å². The maximum atomic E-state index is 13.4. The van der Waals surface area contributed by atoms with E-state index in [0.717, 1.165) is 30.1 Å². The summed E-state index contributed by atoms with van der Waals surface area (Å²) < 4.78 is 0. The molecule has 2 saturated heterocycles. The van der Waals surface area contributed by atoms with Crippen molar-refractivity contribution in [2.45, 2.75) is 44.7 Å². The summed E-state index contributed by atoms with van der Waals surface area (Å²) in [7, 11) is 2.04. The van der Waals surface area contributed by atoms with Crippen LogP contribution in [0.3, 0.4) is 0 Å². The van der Waals surface area contributed by atoms with Crippen LogP contribution in [0.1, 0.15) is 43.7 Å². The van der Waals surface area contributed by atoms with Crippen molar-refractivity contribution in [1.82, 2.24) is 10.2 Å². The van der Waals surface area contributed by atoms with Crippen LogP contribution in [0.25, 0.3) is 0 Å². The van der Waals surface area contributed by atoms with Gasteiger partial charge in [-0.3, -0.25) is 4.79 Å². The second-order valence-corrected chi connectivity index (χ2v) is 8.76. The number of nitrogens with one attached hydrogen (secondary N) is 2. The molecule has 3 amide bonds. The molecule has 0 bridgehead atoms. The molecule has 0 saturated carbocycles. The SMILES string of the molecule is CC[C@@]1(c2ccccc2)NC(=O)N(C[NH+](C)Cc2ccccc2N2CCCCC2)C1=O. The van der Waals surface area contributed by atoms with Gasteiger partial charge < -0.3 is 15.1 Å². The fourth-order valence-corrected chi connectivity index (χ4v) is 4.89. The van der Waals surface area contributed by atoms with Gasteiger partial charge in [0.25, 0.3) is 5.91 Å². The molecule has 1 unspecified atom stereocenters. The van der Waals surface area contributed by atoms with E-state index in [1.165, 1.54) is 35.4 Å². The molecule has 31 heavy (non-hydrogen) atoms. The molecule has 6 heteroatoms. The Morgan fingerprint density at radius 2 is 1.65 bits per heavy atom. The van der Waals surface area contributed by atoms with Gasteiger partial charge in [0, 0.05) is 24.3 Å². The Kier molecular flexibility index (Phi) is 6.28. The molecular formula is C25H33N4O2+. The molecule has 0 radical (unpaired) electrons. The highest BCUT2D eigenvalue weighted by Crippen LogP contribution is 2.32. The van der Waals surface area contributed by atoms with Crippen molar-refractivity contribution >= 4 is 17.6 Å². The van der Waals surface area contributed by atoms with Gasteiger partial charge >= 0.3 is 6.03 Å². The van der Waals surface area contributed by atoms with Crippen molar-refractivity contribution < 1.29 is 14.5 Å². The largest absolute Gasteiger partial charge is 0.371 e. The molecule has 2 N–H and O–H groups in total. The van der Waals surface area contributed by atoms with E-state index in [1.54, 1.807) is 0 Å². The molecule has 4 rings (SSSR count). The third-order valence-corrected chi connectivity index (χ3v) is 6.58. The van der Waals surface area contributed by atoms with Crippen LogP contribution in [0.4, 0.5) is 10.5 Å². The van der Waals surface area contributed by atoms with Crippen molar-refractivity contribution in [3.8, 4) is 0 Å². The quantitative estimate of drug-likeness (QED) is 0.676. The number of amides is 3. The number of nitrogens with zero attached hydrogens (tertiary/aromatic N) is 2. The predicted octanol–water partition coefficient (Wildman–Crippen LogP) is 2.51. The predicted molar refractivity (Wildman–Crippen MR) is 122 cm³/mol. The number of carbonyl (C=O) groups is 2. The van der Waals surface area contributed by atoms with E-state index < -0.39 is 5.54 Å². The Bertz CT molecular complexity index is 926. The van der Waals surface area contributed by atoms with Gasteiger partial charge in [0.2, 0.25) is 0 Å². The standard InChI is InChI=1S/C25H32N4O2/c1-3-25(21-13-6-4-7-14-21)23(30)29(24(31)26-25)19-27(2)18-20-12-8-9-15-22(20)28-16-10-5-11-17-28/h4,6-9,12-15H,3,5,10-11,16-19H2,1-2H3,(H,26,31)/p+1/t25-/m0/s1. The average molecular weight is 422 g/mol. The molecule has 2 atom stereocenters. The summed E-state index contributed by atoms with van der Waals surface area (Å²) in [5.41, 5.74) is 2.42. The highest BCUT2D eigenvalue weighted by Gasteiger charge is 2.52. The average Bonchev–Trinajstić information content (AvgIpc) is 3.05. The highest BCUT2D eigenvalue weighted by molar-refractivity contribution is 6.07. The molecule has 0 spiro atoms. The molecule has 2 aromatic rings. The number of urea groups is 1. The van der Waals surface area contributed by atoms with Crippen molar-refractivity contribution in [3.63, 3.8) is 0 Å². The van der Waals surface area contributed by atoms with Crippen molar-refractivity contribution in [2.75, 3.05) is 31.7 Å². The smallest absolute Gasteiger partial charge is 0.329 e. The third-order valence-electron chi connectivity index (χ3n) is 6.58. The van der Waals surface area contributed by atoms with E-state index in [0.29, 0.717) is 13.1 Å². The molecular weight excluding hydrogens is 388 g/mol. The number of benzene rings is 2. The van der Waals surface area contributed by atoms with Crippen LogP contribution in [0, 0.1) is 0 Å². The van der Waals surface area contributed by atoms with Crippen molar-refractivity contribution in [2.24, 2.45) is 0 Å². The maximum absolute atomic E-state index is 13.4. The van der Waals surface area contributed by atoms with Gasteiger partial charge in [-0.2, -0.15) is 0 Å². The van der Waals surface area contributed by atoms with E-state index in [2.05, 4.69) is 34.5 Å². The van der Waals surface area contributed by atoms with Gasteiger partial charge in [-0.15, -0.1) is 0 Å². The highest BCUT2D eigenvalue weighted by atomic mass is 16.2. The zero-order valence-corrected chi connectivity index (χ0v) is 18.6. The molecule has 164 valence electrons. The Balaban J connectivity index is 1.49. The molecule has 6 nitrogen and oxygen atoms in total. The number of hydrogen-bond acceptors (Lipinski definition) is 3. The van der Waals surface area contributed by atoms with Crippen LogP contribution >= 0.6 is 0 Å². The summed E-state index contributed by atoms with van der Waals surface area (Å²) in [5.74, 6) is -0.158. The van der Waals surface area contributed by atoms with Gasteiger partial charge in [0.15, 0.2) is 6.67 Å². The third kappa shape index (κ3) is 4.17. The molecule has 2 heterocycles. The number of piperidine rings is 1. The van der Waals surface area contributed by atoms with Crippen LogP contribution in [0.2, 0.25) is 0 Å². The van der Waals surface area contributed by atoms with Crippen LogP contribution in [-0.4, -0.2) is 43.6 Å². The lowest BCUT2D eigenvalue weighted by molar-refractivity contribution is -0.901. The van der Waals surface area contributed by atoms with E-state index in [-0.39, 0.29) is 11.9 Å². The molecule has 2 aliphatic heterocycles. The minimum absolute atomic E-state index is 0.158. The minimum Gasteiger partial charge on any atom is -0.371 e. The Labute approximate surface area is 184 Å². The second-order valence-electron chi connectivity index (χ2n) is 8.76. The van der Waals surface area contributed by atoms with E-state index in [9.17, 15) is 9.59 Å².